The van der Waals surface area contributed by atoms with Crippen molar-refractivity contribution in [3.63, 3.8) is 0 Å². The van der Waals surface area contributed by atoms with E-state index in [1.165, 1.54) is 0 Å². The largest absolute Gasteiger partial charge is 0.381 e. The van der Waals surface area contributed by atoms with E-state index in [4.69, 9.17) is 9.26 Å². The lowest BCUT2D eigenvalue weighted by Crippen LogP contribution is -2.53. The molecule has 3 aliphatic rings. The summed E-state index contributed by atoms with van der Waals surface area (Å²) in [6.45, 7) is 5.86. The predicted molar refractivity (Wildman–Crippen MR) is 84.3 cm³/mol. The zero-order chi connectivity index (χ0) is 16.0. The molecule has 0 spiro atoms. The fourth-order valence-electron chi connectivity index (χ4n) is 4.14. The predicted octanol–water partition coefficient (Wildman–Crippen LogP) is 1.73. The number of likely N-dealkylation sites (tertiary alicyclic amines) is 2. The molecule has 6 heteroatoms. The third-order valence-electron chi connectivity index (χ3n) is 5.68. The maximum atomic E-state index is 12.9. The Labute approximate surface area is 136 Å². The summed E-state index contributed by atoms with van der Waals surface area (Å²) < 4.78 is 11.0. The number of carbonyl (C=O) groups excluding carboxylic acids is 1. The Bertz CT molecular complexity index is 583. The number of amides is 1. The van der Waals surface area contributed by atoms with Crippen molar-refractivity contribution in [2.24, 2.45) is 5.92 Å². The van der Waals surface area contributed by atoms with Crippen molar-refractivity contribution < 1.29 is 14.1 Å². The van der Waals surface area contributed by atoms with Crippen LogP contribution in [0.3, 0.4) is 0 Å². The van der Waals surface area contributed by atoms with E-state index in [0.29, 0.717) is 17.5 Å². The van der Waals surface area contributed by atoms with Gasteiger partial charge in [-0.05, 0) is 25.8 Å². The molecule has 3 atom stereocenters. The van der Waals surface area contributed by atoms with Crippen molar-refractivity contribution in [3.05, 3.63) is 17.5 Å². The molecular weight excluding hydrogens is 294 g/mol. The topological polar surface area (TPSA) is 58.8 Å². The first kappa shape index (κ1) is 15.1. The summed E-state index contributed by atoms with van der Waals surface area (Å²) in [6.07, 6.45) is 3.45. The normalized spacial score (nSPS) is 31.4. The molecule has 4 rings (SSSR count). The Morgan fingerprint density at radius 3 is 2.91 bits per heavy atom. The van der Waals surface area contributed by atoms with Crippen LogP contribution < -0.4 is 0 Å². The molecule has 2 aliphatic heterocycles. The first-order valence-electron chi connectivity index (χ1n) is 8.74. The Balaban J connectivity index is 1.53. The van der Waals surface area contributed by atoms with Crippen LogP contribution in [0.2, 0.25) is 0 Å². The fourth-order valence-corrected chi connectivity index (χ4v) is 4.14. The van der Waals surface area contributed by atoms with E-state index in [1.807, 2.05) is 11.0 Å². The number of carbonyl (C=O) groups is 1. The highest BCUT2D eigenvalue weighted by molar-refractivity contribution is 5.92. The Morgan fingerprint density at radius 2 is 2.22 bits per heavy atom. The molecule has 6 nitrogen and oxygen atoms in total. The standard InChI is InChI=1S/C17H25N3O3/c1-3-19-9-12-14(10-19)20(7-6-15(12)22-2)17(21)13-8-16(23-18-13)11-4-5-11/h8,11-12,14-15H,3-7,9-10H2,1-2H3/t12-,14+,15-/m1/s1. The minimum Gasteiger partial charge on any atom is -0.381 e. The van der Waals surface area contributed by atoms with E-state index in [9.17, 15) is 4.79 Å². The fraction of sp³-hybridized carbons (Fsp3) is 0.765. The van der Waals surface area contributed by atoms with E-state index in [-0.39, 0.29) is 18.1 Å². The van der Waals surface area contributed by atoms with Crippen molar-refractivity contribution in [1.29, 1.82) is 0 Å². The number of hydrogen-bond donors (Lipinski definition) is 0. The van der Waals surface area contributed by atoms with Gasteiger partial charge in [-0.3, -0.25) is 4.79 Å². The van der Waals surface area contributed by atoms with Crippen molar-refractivity contribution in [3.8, 4) is 0 Å². The summed E-state index contributed by atoms with van der Waals surface area (Å²) in [4.78, 5) is 17.3. The van der Waals surface area contributed by atoms with Gasteiger partial charge >= 0.3 is 0 Å². The number of fused-ring (bicyclic) bond motifs is 1. The molecule has 1 aromatic rings. The molecule has 0 aromatic carbocycles. The van der Waals surface area contributed by atoms with Crippen LogP contribution >= 0.6 is 0 Å². The lowest BCUT2D eigenvalue weighted by atomic mass is 9.88. The average Bonchev–Trinajstić information content (AvgIpc) is 3.14. The quantitative estimate of drug-likeness (QED) is 0.846. The maximum Gasteiger partial charge on any atom is 0.276 e. The number of nitrogens with zero attached hydrogens (tertiary/aromatic N) is 3. The minimum absolute atomic E-state index is 0.0168. The van der Waals surface area contributed by atoms with Crippen LogP contribution in [0.4, 0.5) is 0 Å². The number of rotatable bonds is 4. The molecule has 0 radical (unpaired) electrons. The van der Waals surface area contributed by atoms with Gasteiger partial charge in [-0.25, -0.2) is 0 Å². The molecule has 1 aromatic heterocycles. The summed E-state index contributed by atoms with van der Waals surface area (Å²) >= 11 is 0. The van der Waals surface area contributed by atoms with Crippen LogP contribution in [0.25, 0.3) is 0 Å². The third-order valence-corrected chi connectivity index (χ3v) is 5.68. The summed E-state index contributed by atoms with van der Waals surface area (Å²) in [7, 11) is 1.79. The highest BCUT2D eigenvalue weighted by Crippen LogP contribution is 2.40. The molecule has 3 fully saturated rings. The van der Waals surface area contributed by atoms with Gasteiger partial charge in [-0.2, -0.15) is 0 Å². The van der Waals surface area contributed by atoms with E-state index in [2.05, 4.69) is 17.0 Å². The third kappa shape index (κ3) is 2.68. The smallest absolute Gasteiger partial charge is 0.276 e. The Morgan fingerprint density at radius 1 is 1.39 bits per heavy atom. The lowest BCUT2D eigenvalue weighted by Gasteiger charge is -2.40. The molecule has 1 saturated carbocycles. The van der Waals surface area contributed by atoms with E-state index in [0.717, 1.165) is 51.2 Å². The van der Waals surface area contributed by atoms with Crippen molar-refractivity contribution in [2.75, 3.05) is 33.3 Å². The van der Waals surface area contributed by atoms with Crippen molar-refractivity contribution >= 4 is 5.91 Å². The molecular formula is C17H25N3O3. The molecule has 1 amide bonds. The number of methoxy groups -OCH3 is 1. The van der Waals surface area contributed by atoms with Gasteiger partial charge in [-0.1, -0.05) is 12.1 Å². The second-order valence-corrected chi connectivity index (χ2v) is 7.03. The average molecular weight is 319 g/mol. The monoisotopic (exact) mass is 319 g/mol. The van der Waals surface area contributed by atoms with Gasteiger partial charge in [0.15, 0.2) is 5.69 Å². The Hall–Kier alpha value is -1.40. The SMILES string of the molecule is CCN1C[C@H]2[C@H](OC)CCN(C(=O)c3cc(C4CC4)on3)[C@H]2C1. The summed E-state index contributed by atoms with van der Waals surface area (Å²) in [5.74, 6) is 1.77. The van der Waals surface area contributed by atoms with E-state index >= 15 is 0 Å². The van der Waals surface area contributed by atoms with E-state index in [1.54, 1.807) is 7.11 Å². The van der Waals surface area contributed by atoms with E-state index < -0.39 is 0 Å². The van der Waals surface area contributed by atoms with Gasteiger partial charge in [-0.15, -0.1) is 0 Å². The van der Waals surface area contributed by atoms with Gasteiger partial charge in [0, 0.05) is 44.6 Å². The molecule has 0 bridgehead atoms. The van der Waals surface area contributed by atoms with Gasteiger partial charge in [0.05, 0.1) is 12.1 Å². The van der Waals surface area contributed by atoms with Crippen LogP contribution in [-0.4, -0.2) is 66.3 Å². The van der Waals surface area contributed by atoms with Crippen LogP contribution in [0.1, 0.15) is 48.4 Å². The molecule has 2 saturated heterocycles. The van der Waals surface area contributed by atoms with Gasteiger partial charge in [0.2, 0.25) is 0 Å². The number of likely N-dealkylation sites (N-methyl/N-ethyl adjacent to an activating group) is 1. The summed E-state index contributed by atoms with van der Waals surface area (Å²) in [6, 6.07) is 2.08. The molecule has 0 unspecified atom stereocenters. The van der Waals surface area contributed by atoms with Gasteiger partial charge in [0.25, 0.3) is 5.91 Å². The Kier molecular flexibility index (Phi) is 3.89. The zero-order valence-corrected chi connectivity index (χ0v) is 13.9. The van der Waals surface area contributed by atoms with Crippen LogP contribution in [0.15, 0.2) is 10.6 Å². The first-order valence-corrected chi connectivity index (χ1v) is 8.74. The van der Waals surface area contributed by atoms with Gasteiger partial charge in [0.1, 0.15) is 5.76 Å². The minimum atomic E-state index is 0.0168. The number of aromatic nitrogens is 1. The lowest BCUT2D eigenvalue weighted by molar-refractivity contribution is -0.0159. The molecule has 23 heavy (non-hydrogen) atoms. The van der Waals surface area contributed by atoms with Crippen molar-refractivity contribution in [1.82, 2.24) is 15.0 Å². The van der Waals surface area contributed by atoms with Crippen molar-refractivity contribution in [2.45, 2.75) is 44.2 Å². The second kappa shape index (κ2) is 5.91. The first-order chi connectivity index (χ1) is 11.2. The molecule has 3 heterocycles. The molecule has 126 valence electrons. The van der Waals surface area contributed by atoms with Crippen LogP contribution in [0.5, 0.6) is 0 Å². The maximum absolute atomic E-state index is 12.9. The van der Waals surface area contributed by atoms with Crippen LogP contribution in [-0.2, 0) is 4.74 Å². The summed E-state index contributed by atoms with van der Waals surface area (Å²) in [5.41, 5.74) is 0.469. The second-order valence-electron chi connectivity index (χ2n) is 7.03. The number of hydrogen-bond acceptors (Lipinski definition) is 5. The highest BCUT2D eigenvalue weighted by atomic mass is 16.5. The van der Waals surface area contributed by atoms with Crippen LogP contribution in [0, 0.1) is 5.92 Å². The molecule has 1 aliphatic carbocycles. The molecule has 0 N–H and O–H groups in total. The number of ether oxygens (including phenoxy) is 1. The summed E-state index contributed by atoms with van der Waals surface area (Å²) in [5, 5.41) is 4.03. The number of piperidine rings is 1. The zero-order valence-electron chi connectivity index (χ0n) is 13.9. The van der Waals surface area contributed by atoms with Gasteiger partial charge < -0.3 is 19.1 Å². The highest BCUT2D eigenvalue weighted by Gasteiger charge is 2.46.